The van der Waals surface area contributed by atoms with Gasteiger partial charge in [0, 0.05) is 45.3 Å². The van der Waals surface area contributed by atoms with Gasteiger partial charge in [0.15, 0.2) is 0 Å². The first-order valence-corrected chi connectivity index (χ1v) is 9.69. The van der Waals surface area contributed by atoms with Crippen LogP contribution in [0.1, 0.15) is 41.4 Å². The molecule has 1 aromatic heterocycles. The topological polar surface area (TPSA) is 82.2 Å². The van der Waals surface area contributed by atoms with Crippen LogP contribution < -0.4 is 5.56 Å². The summed E-state index contributed by atoms with van der Waals surface area (Å²) in [5.41, 5.74) is 1.97. The van der Waals surface area contributed by atoms with Gasteiger partial charge in [0.05, 0.1) is 11.6 Å². The number of nitrogens with zero attached hydrogens (tertiary/aromatic N) is 5. The lowest BCUT2D eigenvalue weighted by molar-refractivity contribution is 0.0752. The van der Waals surface area contributed by atoms with Gasteiger partial charge >= 0.3 is 0 Å². The third-order valence-electron chi connectivity index (χ3n) is 4.89. The Morgan fingerprint density at radius 1 is 1.11 bits per heavy atom. The van der Waals surface area contributed by atoms with Crippen molar-refractivity contribution in [2.45, 2.75) is 32.9 Å². The van der Waals surface area contributed by atoms with Crippen LogP contribution in [-0.4, -0.2) is 51.7 Å². The van der Waals surface area contributed by atoms with Crippen LogP contribution in [0.3, 0.4) is 0 Å². The average Bonchev–Trinajstić information content (AvgIpc) is 2.95. The molecule has 3 rings (SSSR count). The Bertz CT molecular complexity index is 914. The molecule has 1 aliphatic rings. The van der Waals surface area contributed by atoms with Crippen molar-refractivity contribution in [2.75, 3.05) is 26.2 Å². The zero-order valence-corrected chi connectivity index (χ0v) is 16.2. The Labute approximate surface area is 164 Å². The molecule has 7 heteroatoms. The lowest BCUT2D eigenvalue weighted by Crippen LogP contribution is -2.36. The summed E-state index contributed by atoms with van der Waals surface area (Å²) in [6, 6.07) is 12.7. The molecule has 0 radical (unpaired) electrons. The second-order valence-electron chi connectivity index (χ2n) is 7.01. The number of hydrogen-bond acceptors (Lipinski definition) is 5. The number of carbonyl (C=O) groups excluding carboxylic acids is 1. The second-order valence-corrected chi connectivity index (χ2v) is 7.01. The van der Waals surface area contributed by atoms with E-state index in [1.165, 1.54) is 16.8 Å². The molecule has 0 unspecified atom stereocenters. The van der Waals surface area contributed by atoms with Crippen molar-refractivity contribution >= 4 is 5.91 Å². The second kappa shape index (κ2) is 9.29. The van der Waals surface area contributed by atoms with Gasteiger partial charge in [0.25, 0.3) is 11.5 Å². The first-order chi connectivity index (χ1) is 13.6. The van der Waals surface area contributed by atoms with E-state index in [1.54, 1.807) is 0 Å². The molecule has 1 amide bonds. The molecule has 0 spiro atoms. The maximum absolute atomic E-state index is 12.9. The predicted octanol–water partition coefficient (Wildman–Crippen LogP) is 1.87. The summed E-state index contributed by atoms with van der Waals surface area (Å²) < 4.78 is 1.36. The largest absolute Gasteiger partial charge is 0.336 e. The molecule has 0 aliphatic carbocycles. The summed E-state index contributed by atoms with van der Waals surface area (Å²) in [4.78, 5) is 28.8. The van der Waals surface area contributed by atoms with Gasteiger partial charge in [-0.2, -0.15) is 10.4 Å². The van der Waals surface area contributed by atoms with Gasteiger partial charge in [-0.1, -0.05) is 19.1 Å². The molecule has 28 heavy (non-hydrogen) atoms. The minimum Gasteiger partial charge on any atom is -0.336 e. The van der Waals surface area contributed by atoms with Gasteiger partial charge in [-0.3, -0.25) is 14.5 Å². The van der Waals surface area contributed by atoms with Crippen molar-refractivity contribution in [3.05, 3.63) is 63.6 Å². The molecule has 2 aromatic rings. The number of carbonyl (C=O) groups is 1. The molecule has 1 aliphatic heterocycles. The zero-order valence-electron chi connectivity index (χ0n) is 16.2. The summed E-state index contributed by atoms with van der Waals surface area (Å²) in [5.74, 6) is -0.120. The minimum absolute atomic E-state index is 0.120. The Morgan fingerprint density at radius 3 is 2.61 bits per heavy atom. The van der Waals surface area contributed by atoms with Crippen molar-refractivity contribution in [1.82, 2.24) is 19.6 Å². The highest BCUT2D eigenvalue weighted by Gasteiger charge is 2.22. The fraction of sp³-hybridized carbons (Fsp3) is 0.429. The van der Waals surface area contributed by atoms with E-state index >= 15 is 0 Å². The maximum Gasteiger partial charge on any atom is 0.274 e. The van der Waals surface area contributed by atoms with Crippen LogP contribution >= 0.6 is 0 Å². The highest BCUT2D eigenvalue weighted by molar-refractivity contribution is 5.92. The number of amides is 1. The minimum atomic E-state index is -0.178. The smallest absolute Gasteiger partial charge is 0.274 e. The molecule has 1 saturated heterocycles. The fourth-order valence-electron chi connectivity index (χ4n) is 3.37. The molecule has 0 atom stereocenters. The summed E-state index contributed by atoms with van der Waals surface area (Å²) in [7, 11) is 0. The van der Waals surface area contributed by atoms with Crippen LogP contribution in [0.25, 0.3) is 0 Å². The molecular formula is C21H25N5O2. The first-order valence-electron chi connectivity index (χ1n) is 9.69. The predicted molar refractivity (Wildman–Crippen MR) is 106 cm³/mol. The molecular weight excluding hydrogens is 354 g/mol. The molecule has 2 heterocycles. The van der Waals surface area contributed by atoms with E-state index in [2.05, 4.69) is 16.1 Å². The van der Waals surface area contributed by atoms with Gasteiger partial charge in [0.1, 0.15) is 5.69 Å². The first kappa shape index (κ1) is 19.8. The van der Waals surface area contributed by atoms with E-state index in [0.29, 0.717) is 30.9 Å². The van der Waals surface area contributed by atoms with Crippen molar-refractivity contribution in [1.29, 1.82) is 5.26 Å². The lowest BCUT2D eigenvalue weighted by Gasteiger charge is -2.22. The van der Waals surface area contributed by atoms with E-state index < -0.39 is 0 Å². The Balaban J connectivity index is 1.62. The van der Waals surface area contributed by atoms with E-state index in [0.717, 1.165) is 38.0 Å². The van der Waals surface area contributed by atoms with Gasteiger partial charge < -0.3 is 4.90 Å². The molecule has 7 nitrogen and oxygen atoms in total. The molecule has 146 valence electrons. The van der Waals surface area contributed by atoms with E-state index in [-0.39, 0.29) is 11.5 Å². The van der Waals surface area contributed by atoms with Crippen molar-refractivity contribution in [2.24, 2.45) is 0 Å². The molecule has 1 aromatic carbocycles. The summed E-state index contributed by atoms with van der Waals surface area (Å²) in [5, 5.41) is 13.1. The highest BCUT2D eigenvalue weighted by atomic mass is 16.2. The average molecular weight is 379 g/mol. The molecule has 0 N–H and O–H groups in total. The summed E-state index contributed by atoms with van der Waals surface area (Å²) >= 11 is 0. The zero-order chi connectivity index (χ0) is 19.9. The third-order valence-corrected chi connectivity index (χ3v) is 4.89. The molecule has 0 bridgehead atoms. The summed E-state index contributed by atoms with van der Waals surface area (Å²) in [6.07, 6.45) is 1.68. The number of benzene rings is 1. The summed E-state index contributed by atoms with van der Waals surface area (Å²) in [6.45, 7) is 6.28. The van der Waals surface area contributed by atoms with Crippen LogP contribution in [0.5, 0.6) is 0 Å². The Morgan fingerprint density at radius 2 is 1.89 bits per heavy atom. The quantitative estimate of drug-likeness (QED) is 0.792. The fourth-order valence-corrected chi connectivity index (χ4v) is 3.37. The van der Waals surface area contributed by atoms with Gasteiger partial charge in [-0.05, 0) is 36.6 Å². The van der Waals surface area contributed by atoms with Gasteiger partial charge in [-0.15, -0.1) is 0 Å². The van der Waals surface area contributed by atoms with Crippen LogP contribution in [-0.2, 0) is 13.1 Å². The normalized spacial score (nSPS) is 15.1. The van der Waals surface area contributed by atoms with Crippen LogP contribution in [0.4, 0.5) is 0 Å². The van der Waals surface area contributed by atoms with Crippen LogP contribution in [0, 0.1) is 11.3 Å². The van der Waals surface area contributed by atoms with Gasteiger partial charge in [-0.25, -0.2) is 4.68 Å². The van der Waals surface area contributed by atoms with Crippen molar-refractivity contribution in [3.63, 3.8) is 0 Å². The lowest BCUT2D eigenvalue weighted by atomic mass is 10.1. The number of aryl methyl sites for hydroxylation is 1. The van der Waals surface area contributed by atoms with E-state index in [9.17, 15) is 9.59 Å². The number of nitriles is 1. The van der Waals surface area contributed by atoms with Crippen molar-refractivity contribution in [3.8, 4) is 6.07 Å². The number of rotatable bonds is 5. The van der Waals surface area contributed by atoms with Crippen LogP contribution in [0.15, 0.2) is 41.2 Å². The SMILES string of the molecule is CCCn1nc(C(=O)N2CCCN(Cc3ccc(C#N)cc3)CC2)ccc1=O. The third kappa shape index (κ3) is 4.84. The standard InChI is InChI=1S/C21H25N5O2/c1-2-10-26-20(27)9-8-19(23-26)21(28)25-12-3-11-24(13-14-25)16-18-6-4-17(15-22)5-7-18/h4-9H,2-3,10-14,16H2,1H3. The monoisotopic (exact) mass is 379 g/mol. The Hall–Kier alpha value is -2.98. The number of hydrogen-bond donors (Lipinski definition) is 0. The number of aromatic nitrogens is 2. The van der Waals surface area contributed by atoms with E-state index in [1.807, 2.05) is 36.1 Å². The van der Waals surface area contributed by atoms with Crippen molar-refractivity contribution < 1.29 is 4.79 Å². The van der Waals surface area contributed by atoms with Crippen LogP contribution in [0.2, 0.25) is 0 Å². The maximum atomic E-state index is 12.9. The molecule has 0 saturated carbocycles. The Kier molecular flexibility index (Phi) is 6.56. The molecule has 1 fully saturated rings. The highest BCUT2D eigenvalue weighted by Crippen LogP contribution is 2.12. The van der Waals surface area contributed by atoms with Gasteiger partial charge in [0.2, 0.25) is 0 Å². The van der Waals surface area contributed by atoms with E-state index in [4.69, 9.17) is 5.26 Å².